The minimum atomic E-state index is -1.21. The van der Waals surface area contributed by atoms with Crippen molar-refractivity contribution >= 4 is 23.5 Å². The Balaban J connectivity index is 2.71. The topological polar surface area (TPSA) is 52.6 Å². The summed E-state index contributed by atoms with van der Waals surface area (Å²) in [5.41, 5.74) is -0.687. The first kappa shape index (κ1) is 17.7. The number of benzene rings is 1. The fraction of sp³-hybridized carbons (Fsp3) is 0.500. The van der Waals surface area contributed by atoms with E-state index < -0.39 is 11.6 Å². The molecule has 0 aromatic heterocycles. The first-order chi connectivity index (χ1) is 9.76. The van der Waals surface area contributed by atoms with Gasteiger partial charge in [-0.2, -0.15) is 0 Å². The van der Waals surface area contributed by atoms with Gasteiger partial charge in [0.05, 0.1) is 6.10 Å². The molecule has 0 saturated carbocycles. The van der Waals surface area contributed by atoms with Gasteiger partial charge in [-0.05, 0) is 46.1 Å². The van der Waals surface area contributed by atoms with E-state index in [1.807, 2.05) is 32.2 Å². The molecule has 4 nitrogen and oxygen atoms in total. The smallest absolute Gasteiger partial charge is 0.333 e. The monoisotopic (exact) mass is 310 g/mol. The number of esters is 1. The lowest BCUT2D eigenvalue weighted by Gasteiger charge is -2.24. The maximum atomic E-state index is 12.4. The van der Waals surface area contributed by atoms with Crippen molar-refractivity contribution in [2.75, 3.05) is 12.9 Å². The van der Waals surface area contributed by atoms with Crippen LogP contribution in [0.3, 0.4) is 0 Å². The van der Waals surface area contributed by atoms with Crippen LogP contribution in [0.2, 0.25) is 0 Å². The molecule has 0 aliphatic heterocycles. The van der Waals surface area contributed by atoms with Crippen LogP contribution in [0.25, 0.3) is 0 Å². The molecule has 0 unspecified atom stereocenters. The van der Waals surface area contributed by atoms with Crippen molar-refractivity contribution in [2.24, 2.45) is 0 Å². The van der Waals surface area contributed by atoms with E-state index in [1.54, 1.807) is 37.7 Å². The van der Waals surface area contributed by atoms with Crippen molar-refractivity contribution in [3.63, 3.8) is 0 Å². The highest BCUT2D eigenvalue weighted by Gasteiger charge is 2.32. The van der Waals surface area contributed by atoms with Gasteiger partial charge in [-0.15, -0.1) is 11.8 Å². The molecule has 0 heterocycles. The highest BCUT2D eigenvalue weighted by Crippen LogP contribution is 2.21. The first-order valence-electron chi connectivity index (χ1n) is 6.78. The molecule has 1 aromatic rings. The normalized spacial score (nSPS) is 11.5. The molecule has 1 rings (SSSR count). The van der Waals surface area contributed by atoms with Gasteiger partial charge in [-0.3, -0.25) is 4.79 Å². The van der Waals surface area contributed by atoms with Gasteiger partial charge in [0.2, 0.25) is 5.78 Å². The van der Waals surface area contributed by atoms with Crippen LogP contribution in [0.4, 0.5) is 0 Å². The summed E-state index contributed by atoms with van der Waals surface area (Å²) >= 11 is 1.60. The quantitative estimate of drug-likeness (QED) is 0.439. The zero-order valence-corrected chi connectivity index (χ0v) is 14.0. The Kier molecular flexibility index (Phi) is 6.42. The predicted octanol–water partition coefficient (Wildman–Crippen LogP) is 3.34. The van der Waals surface area contributed by atoms with Gasteiger partial charge >= 0.3 is 5.97 Å². The van der Waals surface area contributed by atoms with Crippen LogP contribution in [-0.2, 0) is 14.3 Å². The molecule has 1 aromatic carbocycles. The van der Waals surface area contributed by atoms with Crippen molar-refractivity contribution in [3.05, 3.63) is 29.8 Å². The minimum Gasteiger partial charge on any atom is -0.450 e. The molecule has 0 N–H and O–H groups in total. The van der Waals surface area contributed by atoms with Crippen molar-refractivity contribution in [2.45, 2.75) is 44.3 Å². The lowest BCUT2D eigenvalue weighted by atomic mass is 9.96. The van der Waals surface area contributed by atoms with Gasteiger partial charge in [-0.25, -0.2) is 4.79 Å². The van der Waals surface area contributed by atoms with Gasteiger partial charge in [0.25, 0.3) is 0 Å². The average molecular weight is 310 g/mol. The number of hydrogen-bond acceptors (Lipinski definition) is 5. The first-order valence-corrected chi connectivity index (χ1v) is 8.01. The molecule has 0 aliphatic carbocycles. The fourth-order valence-electron chi connectivity index (χ4n) is 1.69. The second kappa shape index (κ2) is 7.61. The van der Waals surface area contributed by atoms with Crippen molar-refractivity contribution in [3.8, 4) is 0 Å². The van der Waals surface area contributed by atoms with E-state index in [0.29, 0.717) is 5.56 Å². The fourth-order valence-corrected chi connectivity index (χ4v) is 2.09. The van der Waals surface area contributed by atoms with Crippen molar-refractivity contribution in [1.29, 1.82) is 0 Å². The molecule has 0 atom stereocenters. The second-order valence-electron chi connectivity index (χ2n) is 5.40. The third-order valence-corrected chi connectivity index (χ3v) is 3.55. The van der Waals surface area contributed by atoms with E-state index in [0.717, 1.165) is 4.90 Å². The van der Waals surface area contributed by atoms with E-state index in [9.17, 15) is 9.59 Å². The summed E-state index contributed by atoms with van der Waals surface area (Å²) in [6.45, 7) is 6.68. The van der Waals surface area contributed by atoms with Gasteiger partial charge in [0.1, 0.15) is 6.61 Å². The highest BCUT2D eigenvalue weighted by molar-refractivity contribution is 7.98. The molecule has 0 spiro atoms. The van der Waals surface area contributed by atoms with E-state index in [4.69, 9.17) is 9.47 Å². The third-order valence-electron chi connectivity index (χ3n) is 2.80. The maximum absolute atomic E-state index is 12.4. The van der Waals surface area contributed by atoms with Crippen LogP contribution >= 0.6 is 11.8 Å². The Morgan fingerprint density at radius 3 is 2.24 bits per heavy atom. The Labute approximate surface area is 130 Å². The lowest BCUT2D eigenvalue weighted by molar-refractivity contribution is -0.159. The summed E-state index contributed by atoms with van der Waals surface area (Å²) < 4.78 is 10.4. The van der Waals surface area contributed by atoms with Gasteiger partial charge < -0.3 is 9.47 Å². The maximum Gasteiger partial charge on any atom is 0.333 e. The Bertz CT molecular complexity index is 492. The van der Waals surface area contributed by atoms with Crippen molar-refractivity contribution in [1.82, 2.24) is 0 Å². The number of rotatable bonds is 7. The Hall–Kier alpha value is -1.33. The van der Waals surface area contributed by atoms with Crippen molar-refractivity contribution < 1.29 is 19.1 Å². The number of ether oxygens (including phenoxy) is 2. The van der Waals surface area contributed by atoms with E-state index in [-0.39, 0.29) is 18.5 Å². The summed E-state index contributed by atoms with van der Waals surface area (Å²) in [5.74, 6) is -0.768. The molecule has 5 heteroatoms. The zero-order chi connectivity index (χ0) is 16.0. The highest BCUT2D eigenvalue weighted by atomic mass is 32.2. The van der Waals surface area contributed by atoms with Gasteiger partial charge in [-0.1, -0.05) is 12.1 Å². The number of ketones is 1. The van der Waals surface area contributed by atoms with Gasteiger partial charge in [0, 0.05) is 10.5 Å². The molecule has 0 bridgehead atoms. The lowest BCUT2D eigenvalue weighted by Crippen LogP contribution is -2.38. The minimum absolute atomic E-state index is 0.0598. The van der Waals surface area contributed by atoms with Gasteiger partial charge in [0.15, 0.2) is 5.60 Å². The SMILES string of the molecule is CSc1ccc(C(=O)C(C)(C)OC(=O)COC(C)C)cc1. The van der Waals surface area contributed by atoms with Crippen LogP contribution in [0.15, 0.2) is 29.2 Å². The average Bonchev–Trinajstić information content (AvgIpc) is 2.44. The number of carbonyl (C=O) groups excluding carboxylic acids is 2. The molecule has 0 amide bonds. The number of Topliss-reactive ketones (excluding diaryl/α,β-unsaturated/α-hetero) is 1. The standard InChI is InChI=1S/C16H22O4S/c1-11(2)19-10-14(17)20-16(3,4)15(18)12-6-8-13(21-5)9-7-12/h6-9,11H,10H2,1-5H3. The van der Waals surface area contributed by atoms with Crippen LogP contribution < -0.4 is 0 Å². The molecular formula is C16H22O4S. The molecular weight excluding hydrogens is 288 g/mol. The summed E-state index contributed by atoms with van der Waals surface area (Å²) in [6, 6.07) is 7.23. The Morgan fingerprint density at radius 1 is 1.19 bits per heavy atom. The summed E-state index contributed by atoms with van der Waals surface area (Å²) in [4.78, 5) is 25.2. The third kappa shape index (κ3) is 5.52. The van der Waals surface area contributed by atoms with E-state index in [2.05, 4.69) is 0 Å². The van der Waals surface area contributed by atoms with E-state index >= 15 is 0 Å². The molecule has 0 aliphatic rings. The summed E-state index contributed by atoms with van der Waals surface area (Å²) in [6.07, 6.45) is 1.91. The van der Waals surface area contributed by atoms with Crippen LogP contribution in [0.1, 0.15) is 38.1 Å². The summed E-state index contributed by atoms with van der Waals surface area (Å²) in [7, 11) is 0. The van der Waals surface area contributed by atoms with E-state index in [1.165, 1.54) is 0 Å². The summed E-state index contributed by atoms with van der Waals surface area (Å²) in [5, 5.41) is 0. The van der Waals surface area contributed by atoms with Crippen LogP contribution in [0, 0.1) is 0 Å². The predicted molar refractivity (Wildman–Crippen MR) is 83.8 cm³/mol. The van der Waals surface area contributed by atoms with Crippen LogP contribution in [-0.4, -0.2) is 36.3 Å². The molecule has 21 heavy (non-hydrogen) atoms. The second-order valence-corrected chi connectivity index (χ2v) is 6.28. The molecule has 0 radical (unpaired) electrons. The number of carbonyl (C=O) groups is 2. The number of hydrogen-bond donors (Lipinski definition) is 0. The Morgan fingerprint density at radius 2 is 1.76 bits per heavy atom. The van der Waals surface area contributed by atoms with Crippen LogP contribution in [0.5, 0.6) is 0 Å². The largest absolute Gasteiger partial charge is 0.450 e. The molecule has 0 fully saturated rings. The molecule has 116 valence electrons. The zero-order valence-electron chi connectivity index (χ0n) is 13.1. The number of thioether (sulfide) groups is 1. The molecule has 0 saturated heterocycles.